The molecule has 0 aliphatic carbocycles. The van der Waals surface area contributed by atoms with Crippen LogP contribution in [0.1, 0.15) is 28.5 Å². The Morgan fingerprint density at radius 1 is 1.00 bits per heavy atom. The fraction of sp³-hybridized carbons (Fsp3) is 0.0909. The van der Waals surface area contributed by atoms with Gasteiger partial charge in [0.1, 0.15) is 5.76 Å². The molecule has 0 bridgehead atoms. The van der Waals surface area contributed by atoms with Gasteiger partial charge in [-0.3, -0.25) is 10.1 Å². The summed E-state index contributed by atoms with van der Waals surface area (Å²) in [5, 5.41) is 4.78. The van der Waals surface area contributed by atoms with Crippen molar-refractivity contribution in [3.63, 3.8) is 0 Å². The molecule has 140 valence electrons. The summed E-state index contributed by atoms with van der Waals surface area (Å²) in [4.78, 5) is 25.0. The second-order valence-electron chi connectivity index (χ2n) is 6.46. The maximum absolute atomic E-state index is 11.9. The summed E-state index contributed by atoms with van der Waals surface area (Å²) in [6.45, 7) is 2.08. The molecule has 2 N–H and O–H groups in total. The Hall–Kier alpha value is -3.25. The Kier molecular flexibility index (Phi) is 5.04. The number of carbonyl (C=O) groups excluding carboxylic acids is 2. The van der Waals surface area contributed by atoms with E-state index >= 15 is 0 Å². The summed E-state index contributed by atoms with van der Waals surface area (Å²) < 4.78 is 5.45. The molecule has 2 aromatic carbocycles. The van der Waals surface area contributed by atoms with Crippen molar-refractivity contribution in [1.82, 2.24) is 10.6 Å². The fourth-order valence-corrected chi connectivity index (χ4v) is 3.86. The predicted octanol–water partition coefficient (Wildman–Crippen LogP) is 4.79. The maximum Gasteiger partial charge on any atom is 0.322 e. The SMILES string of the molecule is Cc1cccc(/C=C/c2ccc(Sc3ccoc3C3NC(=O)NC3=O)cc2)c1. The van der Waals surface area contributed by atoms with Gasteiger partial charge in [-0.15, -0.1) is 0 Å². The molecule has 1 aliphatic rings. The Bertz CT molecular complexity index is 1050. The first-order valence-electron chi connectivity index (χ1n) is 8.80. The summed E-state index contributed by atoms with van der Waals surface area (Å²) >= 11 is 1.49. The second kappa shape index (κ2) is 7.78. The average Bonchev–Trinajstić information content (AvgIpc) is 3.26. The smallest absolute Gasteiger partial charge is 0.322 e. The minimum Gasteiger partial charge on any atom is -0.465 e. The first-order valence-corrected chi connectivity index (χ1v) is 9.61. The van der Waals surface area contributed by atoms with Gasteiger partial charge in [0.05, 0.1) is 11.2 Å². The molecule has 1 saturated heterocycles. The summed E-state index contributed by atoms with van der Waals surface area (Å²) in [5.41, 5.74) is 3.50. The molecule has 4 rings (SSSR count). The third-order valence-electron chi connectivity index (χ3n) is 4.31. The number of aryl methyl sites for hydroxylation is 1. The van der Waals surface area contributed by atoms with Crippen LogP contribution < -0.4 is 10.6 Å². The van der Waals surface area contributed by atoms with Crippen LogP contribution in [0.2, 0.25) is 0 Å². The molecule has 0 saturated carbocycles. The minimum absolute atomic E-state index is 0.404. The van der Waals surface area contributed by atoms with Gasteiger partial charge in [-0.2, -0.15) is 0 Å². The number of rotatable bonds is 5. The van der Waals surface area contributed by atoms with Crippen molar-refractivity contribution in [2.75, 3.05) is 0 Å². The van der Waals surface area contributed by atoms with Gasteiger partial charge >= 0.3 is 6.03 Å². The number of imide groups is 1. The highest BCUT2D eigenvalue weighted by molar-refractivity contribution is 7.99. The molecule has 1 aromatic heterocycles. The molecule has 1 unspecified atom stereocenters. The van der Waals surface area contributed by atoms with Crippen LogP contribution in [0.5, 0.6) is 0 Å². The molecule has 3 aromatic rings. The van der Waals surface area contributed by atoms with Crippen molar-refractivity contribution in [2.45, 2.75) is 22.8 Å². The number of carbonyl (C=O) groups is 2. The lowest BCUT2D eigenvalue weighted by Crippen LogP contribution is -2.22. The van der Waals surface area contributed by atoms with Gasteiger partial charge in [0.2, 0.25) is 0 Å². The lowest BCUT2D eigenvalue weighted by atomic mass is 10.1. The molecule has 0 spiro atoms. The lowest BCUT2D eigenvalue weighted by Gasteiger charge is -2.07. The molecule has 6 heteroatoms. The number of amides is 3. The highest BCUT2D eigenvalue weighted by Crippen LogP contribution is 2.35. The van der Waals surface area contributed by atoms with Crippen LogP contribution in [0.4, 0.5) is 4.79 Å². The van der Waals surface area contributed by atoms with Crippen LogP contribution in [-0.4, -0.2) is 11.9 Å². The van der Waals surface area contributed by atoms with Crippen LogP contribution in [0, 0.1) is 6.92 Å². The number of urea groups is 1. The topological polar surface area (TPSA) is 71.3 Å². The van der Waals surface area contributed by atoms with Crippen LogP contribution in [-0.2, 0) is 4.79 Å². The van der Waals surface area contributed by atoms with Gasteiger partial charge in [-0.25, -0.2) is 4.79 Å². The number of benzene rings is 2. The quantitative estimate of drug-likeness (QED) is 0.485. The zero-order chi connectivity index (χ0) is 19.5. The molecule has 1 aliphatic heterocycles. The van der Waals surface area contributed by atoms with Gasteiger partial charge in [0.15, 0.2) is 6.04 Å². The number of nitrogens with one attached hydrogen (secondary N) is 2. The van der Waals surface area contributed by atoms with Crippen molar-refractivity contribution in [3.8, 4) is 0 Å². The summed E-state index contributed by atoms with van der Waals surface area (Å²) in [6.07, 6.45) is 5.68. The molecule has 28 heavy (non-hydrogen) atoms. The van der Waals surface area contributed by atoms with Gasteiger partial charge < -0.3 is 9.73 Å². The molecule has 2 heterocycles. The van der Waals surface area contributed by atoms with E-state index in [1.807, 2.05) is 30.3 Å². The Morgan fingerprint density at radius 3 is 2.50 bits per heavy atom. The van der Waals surface area contributed by atoms with E-state index in [4.69, 9.17) is 4.42 Å². The van der Waals surface area contributed by atoms with Crippen molar-refractivity contribution in [3.05, 3.63) is 83.3 Å². The van der Waals surface area contributed by atoms with E-state index in [1.165, 1.54) is 29.2 Å². The van der Waals surface area contributed by atoms with Crippen molar-refractivity contribution in [1.29, 1.82) is 0 Å². The molecule has 1 fully saturated rings. The van der Waals surface area contributed by atoms with Crippen molar-refractivity contribution in [2.24, 2.45) is 0 Å². The minimum atomic E-state index is -0.790. The molecule has 3 amide bonds. The molecular formula is C22H18N2O3S. The Labute approximate surface area is 166 Å². The van der Waals surface area contributed by atoms with Crippen molar-refractivity contribution >= 4 is 35.9 Å². The number of hydrogen-bond donors (Lipinski definition) is 2. The van der Waals surface area contributed by atoms with Crippen LogP contribution >= 0.6 is 11.8 Å². The molecule has 1 atom stereocenters. The monoisotopic (exact) mass is 390 g/mol. The number of furan rings is 1. The lowest BCUT2D eigenvalue weighted by molar-refractivity contribution is -0.120. The number of hydrogen-bond acceptors (Lipinski definition) is 4. The maximum atomic E-state index is 11.9. The van der Waals surface area contributed by atoms with E-state index in [-0.39, 0.29) is 0 Å². The normalized spacial score (nSPS) is 16.4. The van der Waals surface area contributed by atoms with Gasteiger partial charge in [0.25, 0.3) is 5.91 Å². The largest absolute Gasteiger partial charge is 0.465 e. The van der Waals surface area contributed by atoms with Crippen LogP contribution in [0.15, 0.2) is 75.1 Å². The van der Waals surface area contributed by atoms with E-state index in [1.54, 1.807) is 6.07 Å². The van der Waals surface area contributed by atoms with E-state index in [2.05, 4.69) is 47.9 Å². The Morgan fingerprint density at radius 2 is 1.79 bits per heavy atom. The standard InChI is InChI=1S/C22H18N2O3S/c1-14-3-2-4-16(13-14)6-5-15-7-9-17(10-8-15)28-18-11-12-27-20(18)19-21(25)24-22(26)23-19/h2-13,19H,1H3,(H2,23,24,25,26)/b6-5+. The summed E-state index contributed by atoms with van der Waals surface area (Å²) in [5.74, 6) is 0.0372. The zero-order valence-corrected chi connectivity index (χ0v) is 16.0. The van der Waals surface area contributed by atoms with Gasteiger partial charge in [-0.1, -0.05) is 65.9 Å². The zero-order valence-electron chi connectivity index (χ0n) is 15.1. The summed E-state index contributed by atoms with van der Waals surface area (Å²) in [7, 11) is 0. The van der Waals surface area contributed by atoms with E-state index in [9.17, 15) is 9.59 Å². The fourth-order valence-electron chi connectivity index (χ4n) is 2.95. The summed E-state index contributed by atoms with van der Waals surface area (Å²) in [6, 6.07) is 17.0. The van der Waals surface area contributed by atoms with Crippen molar-refractivity contribution < 1.29 is 14.0 Å². The van der Waals surface area contributed by atoms with Gasteiger partial charge in [0, 0.05) is 4.90 Å². The second-order valence-corrected chi connectivity index (χ2v) is 7.58. The van der Waals surface area contributed by atoms with E-state index in [0.717, 1.165) is 15.4 Å². The van der Waals surface area contributed by atoms with E-state index < -0.39 is 18.0 Å². The molecular weight excluding hydrogens is 372 g/mol. The highest BCUT2D eigenvalue weighted by atomic mass is 32.2. The third-order valence-corrected chi connectivity index (χ3v) is 5.38. The molecule has 0 radical (unpaired) electrons. The third kappa shape index (κ3) is 4.02. The Balaban J connectivity index is 1.46. The first kappa shape index (κ1) is 18.1. The van der Waals surface area contributed by atoms with Crippen LogP contribution in [0.25, 0.3) is 12.2 Å². The average molecular weight is 390 g/mol. The molecule has 5 nitrogen and oxygen atoms in total. The first-order chi connectivity index (χ1) is 13.6. The van der Waals surface area contributed by atoms with Crippen LogP contribution in [0.3, 0.4) is 0 Å². The predicted molar refractivity (Wildman–Crippen MR) is 109 cm³/mol. The highest BCUT2D eigenvalue weighted by Gasteiger charge is 2.35. The van der Waals surface area contributed by atoms with E-state index in [0.29, 0.717) is 5.76 Å². The van der Waals surface area contributed by atoms with Gasteiger partial charge in [-0.05, 0) is 36.2 Å².